The molecule has 0 spiro atoms. The summed E-state index contributed by atoms with van der Waals surface area (Å²) in [6, 6.07) is 11.7. The fourth-order valence-corrected chi connectivity index (χ4v) is 3.00. The Morgan fingerprint density at radius 1 is 0.963 bits per heavy atom. The summed E-state index contributed by atoms with van der Waals surface area (Å²) in [7, 11) is 3.21. The average molecular weight is 367 g/mol. The summed E-state index contributed by atoms with van der Waals surface area (Å²) < 4.78 is 10.6. The molecule has 0 fully saturated rings. The molecule has 0 saturated carbocycles. The van der Waals surface area contributed by atoms with Gasteiger partial charge in [-0.3, -0.25) is 4.79 Å². The maximum absolute atomic E-state index is 12.6. The molecule has 2 aromatic rings. The highest BCUT2D eigenvalue weighted by Gasteiger charge is 2.15. The molecule has 0 radical (unpaired) electrons. The van der Waals surface area contributed by atoms with Crippen LogP contribution in [0.15, 0.2) is 42.5 Å². The number of nitrogens with one attached hydrogen (secondary N) is 1. The third-order valence-corrected chi connectivity index (χ3v) is 4.47. The van der Waals surface area contributed by atoms with E-state index in [-0.39, 0.29) is 5.91 Å². The molecule has 0 heterocycles. The van der Waals surface area contributed by atoms with E-state index < -0.39 is 0 Å². The van der Waals surface area contributed by atoms with Gasteiger partial charge in [-0.1, -0.05) is 45.9 Å². The van der Waals surface area contributed by atoms with Crippen LogP contribution in [0.1, 0.15) is 56.2 Å². The molecule has 1 amide bonds. The fraction of sp³-hybridized carbons (Fsp3) is 0.348. The Kier molecular flexibility index (Phi) is 7.05. The van der Waals surface area contributed by atoms with E-state index in [4.69, 9.17) is 9.47 Å². The lowest BCUT2D eigenvalue weighted by Gasteiger charge is -2.19. The van der Waals surface area contributed by atoms with Crippen molar-refractivity contribution in [1.29, 1.82) is 0 Å². The Morgan fingerprint density at radius 2 is 1.59 bits per heavy atom. The molecule has 0 aromatic heterocycles. The van der Waals surface area contributed by atoms with Crippen LogP contribution in [-0.4, -0.2) is 20.1 Å². The van der Waals surface area contributed by atoms with Gasteiger partial charge in [-0.05, 0) is 47.2 Å². The van der Waals surface area contributed by atoms with Gasteiger partial charge < -0.3 is 14.8 Å². The lowest BCUT2D eigenvalue weighted by atomic mass is 9.92. The average Bonchev–Trinajstić information content (AvgIpc) is 2.65. The summed E-state index contributed by atoms with van der Waals surface area (Å²) in [4.78, 5) is 12.6. The standard InChI is InChI=1S/C23H29NO3/c1-15(2)19-8-7-9-20(16(3)4)23(19)24-22(25)13-10-17-14-18(26-5)11-12-21(17)27-6/h7-16H,1-6H3,(H,24,25)/b13-10+. The van der Waals surface area contributed by atoms with E-state index in [1.807, 2.05) is 18.2 Å². The molecule has 4 nitrogen and oxygen atoms in total. The number of para-hydroxylation sites is 1. The van der Waals surface area contributed by atoms with Crippen LogP contribution in [-0.2, 0) is 4.79 Å². The lowest BCUT2D eigenvalue weighted by molar-refractivity contribution is -0.111. The van der Waals surface area contributed by atoms with Crippen molar-refractivity contribution >= 4 is 17.7 Å². The monoisotopic (exact) mass is 367 g/mol. The smallest absolute Gasteiger partial charge is 0.248 e. The SMILES string of the molecule is COc1ccc(OC)c(/C=C/C(=O)Nc2c(C(C)C)cccc2C(C)C)c1. The highest BCUT2D eigenvalue weighted by atomic mass is 16.5. The molecule has 144 valence electrons. The minimum absolute atomic E-state index is 0.171. The number of ether oxygens (including phenoxy) is 2. The van der Waals surface area contributed by atoms with E-state index in [1.165, 1.54) is 6.08 Å². The first-order valence-corrected chi connectivity index (χ1v) is 9.21. The third-order valence-electron chi connectivity index (χ3n) is 4.47. The predicted octanol–water partition coefficient (Wildman–Crippen LogP) is 5.60. The molecule has 0 bridgehead atoms. The Balaban J connectivity index is 2.30. The van der Waals surface area contributed by atoms with Gasteiger partial charge in [0.1, 0.15) is 11.5 Å². The van der Waals surface area contributed by atoms with Gasteiger partial charge in [-0.15, -0.1) is 0 Å². The molecule has 0 atom stereocenters. The second-order valence-electron chi connectivity index (χ2n) is 7.05. The zero-order valence-corrected chi connectivity index (χ0v) is 17.0. The molecule has 0 aliphatic heterocycles. The molecule has 0 saturated heterocycles. The van der Waals surface area contributed by atoms with Crippen LogP contribution in [0.2, 0.25) is 0 Å². The van der Waals surface area contributed by atoms with Crippen molar-refractivity contribution in [2.24, 2.45) is 0 Å². The summed E-state index contributed by atoms with van der Waals surface area (Å²) in [5.74, 6) is 1.87. The maximum Gasteiger partial charge on any atom is 0.248 e. The summed E-state index contributed by atoms with van der Waals surface area (Å²) in [6.07, 6.45) is 3.27. The summed E-state index contributed by atoms with van der Waals surface area (Å²) in [5, 5.41) is 3.08. The molecule has 1 N–H and O–H groups in total. The second kappa shape index (κ2) is 9.26. The van der Waals surface area contributed by atoms with Crippen LogP contribution in [0, 0.1) is 0 Å². The van der Waals surface area contributed by atoms with Crippen molar-refractivity contribution in [3.63, 3.8) is 0 Å². The number of benzene rings is 2. The number of rotatable bonds is 7. The van der Waals surface area contributed by atoms with Crippen LogP contribution in [0.3, 0.4) is 0 Å². The first kappa shape index (κ1) is 20.6. The minimum Gasteiger partial charge on any atom is -0.497 e. The van der Waals surface area contributed by atoms with Gasteiger partial charge in [0.05, 0.1) is 14.2 Å². The largest absolute Gasteiger partial charge is 0.497 e. The molecule has 27 heavy (non-hydrogen) atoms. The van der Waals surface area contributed by atoms with E-state index >= 15 is 0 Å². The van der Waals surface area contributed by atoms with Crippen molar-refractivity contribution in [1.82, 2.24) is 0 Å². The third kappa shape index (κ3) is 5.13. The van der Waals surface area contributed by atoms with E-state index in [0.717, 1.165) is 22.4 Å². The number of hydrogen-bond acceptors (Lipinski definition) is 3. The van der Waals surface area contributed by atoms with Crippen LogP contribution >= 0.6 is 0 Å². The van der Waals surface area contributed by atoms with Crippen molar-refractivity contribution in [3.05, 3.63) is 59.2 Å². The Bertz CT molecular complexity index is 796. The Hall–Kier alpha value is -2.75. The number of anilines is 1. The van der Waals surface area contributed by atoms with Crippen molar-refractivity contribution in [3.8, 4) is 11.5 Å². The second-order valence-corrected chi connectivity index (χ2v) is 7.05. The molecule has 2 aromatic carbocycles. The van der Waals surface area contributed by atoms with Crippen LogP contribution in [0.25, 0.3) is 6.08 Å². The van der Waals surface area contributed by atoms with Crippen molar-refractivity contribution in [2.75, 3.05) is 19.5 Å². The highest BCUT2D eigenvalue weighted by Crippen LogP contribution is 2.32. The maximum atomic E-state index is 12.6. The van der Waals surface area contributed by atoms with Crippen LogP contribution < -0.4 is 14.8 Å². The van der Waals surface area contributed by atoms with E-state index in [0.29, 0.717) is 23.3 Å². The first-order valence-electron chi connectivity index (χ1n) is 9.21. The lowest BCUT2D eigenvalue weighted by Crippen LogP contribution is -2.13. The normalized spacial score (nSPS) is 11.3. The molecular formula is C23H29NO3. The number of amides is 1. The molecule has 4 heteroatoms. The summed E-state index contributed by atoms with van der Waals surface area (Å²) in [5.41, 5.74) is 3.98. The Labute approximate surface area is 162 Å². The first-order chi connectivity index (χ1) is 12.9. The number of carbonyl (C=O) groups excluding carboxylic acids is 1. The fourth-order valence-electron chi connectivity index (χ4n) is 3.00. The summed E-state index contributed by atoms with van der Waals surface area (Å²) >= 11 is 0. The number of hydrogen-bond donors (Lipinski definition) is 1. The van der Waals surface area contributed by atoms with E-state index in [1.54, 1.807) is 20.3 Å². The van der Waals surface area contributed by atoms with Gasteiger partial charge in [0, 0.05) is 17.3 Å². The van der Waals surface area contributed by atoms with Crippen molar-refractivity contribution in [2.45, 2.75) is 39.5 Å². The zero-order valence-electron chi connectivity index (χ0n) is 17.0. The molecule has 0 aliphatic carbocycles. The van der Waals surface area contributed by atoms with Gasteiger partial charge in [0.15, 0.2) is 0 Å². The highest BCUT2D eigenvalue weighted by molar-refractivity contribution is 6.03. The van der Waals surface area contributed by atoms with E-state index in [9.17, 15) is 4.79 Å². The van der Waals surface area contributed by atoms with Crippen molar-refractivity contribution < 1.29 is 14.3 Å². The molecule has 0 aliphatic rings. The topological polar surface area (TPSA) is 47.6 Å². The van der Waals surface area contributed by atoms with Gasteiger partial charge >= 0.3 is 0 Å². The minimum atomic E-state index is -0.171. The van der Waals surface area contributed by atoms with Crippen LogP contribution in [0.5, 0.6) is 11.5 Å². The number of carbonyl (C=O) groups is 1. The van der Waals surface area contributed by atoms with Gasteiger partial charge in [0.2, 0.25) is 5.91 Å². The van der Waals surface area contributed by atoms with Gasteiger partial charge in [0.25, 0.3) is 0 Å². The summed E-state index contributed by atoms with van der Waals surface area (Å²) in [6.45, 7) is 8.52. The quantitative estimate of drug-likeness (QED) is 0.648. The number of methoxy groups -OCH3 is 2. The zero-order chi connectivity index (χ0) is 20.0. The molecule has 0 unspecified atom stereocenters. The Morgan fingerprint density at radius 3 is 2.11 bits per heavy atom. The van der Waals surface area contributed by atoms with Crippen LogP contribution in [0.4, 0.5) is 5.69 Å². The van der Waals surface area contributed by atoms with Gasteiger partial charge in [-0.2, -0.15) is 0 Å². The molecular weight excluding hydrogens is 338 g/mol. The van der Waals surface area contributed by atoms with E-state index in [2.05, 4.69) is 51.2 Å². The molecule has 2 rings (SSSR count). The van der Waals surface area contributed by atoms with Gasteiger partial charge in [-0.25, -0.2) is 0 Å². The predicted molar refractivity (Wildman–Crippen MR) is 112 cm³/mol.